The molecular weight excluding hydrogens is 348 g/mol. The molecule has 1 saturated heterocycles. The van der Waals surface area contributed by atoms with Crippen molar-refractivity contribution in [3.05, 3.63) is 89.7 Å². The maximum Gasteiger partial charge on any atom is 0.271 e. The van der Waals surface area contributed by atoms with Crippen molar-refractivity contribution < 1.29 is 4.79 Å². The topological polar surface area (TPSA) is 59.0 Å². The van der Waals surface area contributed by atoms with Crippen molar-refractivity contribution in [1.82, 2.24) is 20.4 Å². The lowest BCUT2D eigenvalue weighted by Crippen LogP contribution is -2.32. The van der Waals surface area contributed by atoms with Gasteiger partial charge in [-0.15, -0.1) is 0 Å². The zero-order valence-electron chi connectivity index (χ0n) is 15.9. The zero-order valence-corrected chi connectivity index (χ0v) is 15.9. The van der Waals surface area contributed by atoms with Crippen LogP contribution in [0.25, 0.3) is 0 Å². The molecule has 0 radical (unpaired) electrons. The van der Waals surface area contributed by atoms with E-state index >= 15 is 0 Å². The van der Waals surface area contributed by atoms with Crippen molar-refractivity contribution in [2.24, 2.45) is 0 Å². The second-order valence-electron chi connectivity index (χ2n) is 7.27. The van der Waals surface area contributed by atoms with Gasteiger partial charge in [-0.3, -0.25) is 9.48 Å². The SMILES string of the molecule is O=C(NCC(c1ccccc1)c1ccccc1)c1ccn(C2CCCNC2)n1. The van der Waals surface area contributed by atoms with Gasteiger partial charge in [-0.25, -0.2) is 0 Å². The second kappa shape index (κ2) is 8.85. The van der Waals surface area contributed by atoms with Crippen LogP contribution in [0.15, 0.2) is 72.9 Å². The molecule has 1 aliphatic heterocycles. The number of carbonyl (C=O) groups excluding carboxylic acids is 1. The van der Waals surface area contributed by atoms with Crippen molar-refractivity contribution in [3.63, 3.8) is 0 Å². The molecule has 0 bridgehead atoms. The van der Waals surface area contributed by atoms with Crippen LogP contribution in [-0.4, -0.2) is 35.3 Å². The smallest absolute Gasteiger partial charge is 0.271 e. The Morgan fingerprint density at radius 3 is 2.36 bits per heavy atom. The lowest BCUT2D eigenvalue weighted by atomic mass is 9.91. The van der Waals surface area contributed by atoms with Crippen LogP contribution in [0, 0.1) is 0 Å². The Bertz CT molecular complexity index is 846. The molecule has 0 saturated carbocycles. The van der Waals surface area contributed by atoms with E-state index in [-0.39, 0.29) is 11.8 Å². The Balaban J connectivity index is 1.45. The number of aromatic nitrogens is 2. The summed E-state index contributed by atoms with van der Waals surface area (Å²) in [5, 5.41) is 11.0. The van der Waals surface area contributed by atoms with Gasteiger partial charge in [0, 0.05) is 25.2 Å². The summed E-state index contributed by atoms with van der Waals surface area (Å²) >= 11 is 0. The third kappa shape index (κ3) is 4.31. The molecule has 1 fully saturated rings. The summed E-state index contributed by atoms with van der Waals surface area (Å²) in [7, 11) is 0. The van der Waals surface area contributed by atoms with E-state index in [1.54, 1.807) is 0 Å². The van der Waals surface area contributed by atoms with Crippen molar-refractivity contribution >= 4 is 5.91 Å². The molecular formula is C23H26N4O. The van der Waals surface area contributed by atoms with Crippen LogP contribution >= 0.6 is 0 Å². The Labute approximate surface area is 165 Å². The zero-order chi connectivity index (χ0) is 19.2. The first-order valence-corrected chi connectivity index (χ1v) is 9.95. The van der Waals surface area contributed by atoms with Crippen LogP contribution in [0.2, 0.25) is 0 Å². The molecule has 5 nitrogen and oxygen atoms in total. The van der Waals surface area contributed by atoms with E-state index in [2.05, 4.69) is 40.0 Å². The molecule has 1 aromatic heterocycles. The van der Waals surface area contributed by atoms with E-state index in [9.17, 15) is 4.79 Å². The van der Waals surface area contributed by atoms with Gasteiger partial charge in [0.15, 0.2) is 0 Å². The highest BCUT2D eigenvalue weighted by Crippen LogP contribution is 2.24. The molecule has 2 heterocycles. The lowest BCUT2D eigenvalue weighted by Gasteiger charge is -2.23. The number of hydrogen-bond donors (Lipinski definition) is 2. The summed E-state index contributed by atoms with van der Waals surface area (Å²) in [6.45, 7) is 2.50. The number of amides is 1. The average molecular weight is 374 g/mol. The number of nitrogens with zero attached hydrogens (tertiary/aromatic N) is 2. The largest absolute Gasteiger partial charge is 0.350 e. The van der Waals surface area contributed by atoms with E-state index in [4.69, 9.17) is 0 Å². The standard InChI is InChI=1S/C23H26N4O/c28-23(22-13-15-27(26-22)20-12-7-14-24-16-20)25-17-21(18-8-3-1-4-9-18)19-10-5-2-6-11-19/h1-6,8-11,13,15,20-21,24H,7,12,14,16-17H2,(H,25,28). The summed E-state index contributed by atoms with van der Waals surface area (Å²) < 4.78 is 1.92. The fraction of sp³-hybridized carbons (Fsp3) is 0.304. The molecule has 1 atom stereocenters. The molecule has 5 heteroatoms. The van der Waals surface area contributed by atoms with Crippen molar-refractivity contribution in [2.45, 2.75) is 24.8 Å². The minimum Gasteiger partial charge on any atom is -0.350 e. The highest BCUT2D eigenvalue weighted by atomic mass is 16.1. The number of hydrogen-bond acceptors (Lipinski definition) is 3. The molecule has 4 rings (SSSR count). The summed E-state index contributed by atoms with van der Waals surface area (Å²) in [6, 6.07) is 22.7. The predicted octanol–water partition coefficient (Wildman–Crippen LogP) is 3.37. The average Bonchev–Trinajstić information content (AvgIpc) is 3.26. The summed E-state index contributed by atoms with van der Waals surface area (Å²) in [5.41, 5.74) is 2.85. The molecule has 28 heavy (non-hydrogen) atoms. The van der Waals surface area contributed by atoms with Gasteiger partial charge in [0.05, 0.1) is 6.04 Å². The molecule has 144 valence electrons. The molecule has 1 unspecified atom stereocenters. The van der Waals surface area contributed by atoms with Gasteiger partial charge < -0.3 is 10.6 Å². The van der Waals surface area contributed by atoms with E-state index < -0.39 is 0 Å². The molecule has 2 N–H and O–H groups in total. The number of nitrogens with one attached hydrogen (secondary N) is 2. The van der Waals surface area contributed by atoms with Crippen molar-refractivity contribution in [3.8, 4) is 0 Å². The number of benzene rings is 2. The summed E-state index contributed by atoms with van der Waals surface area (Å²) in [4.78, 5) is 12.7. The lowest BCUT2D eigenvalue weighted by molar-refractivity contribution is 0.0946. The molecule has 1 aliphatic rings. The molecule has 0 aliphatic carbocycles. The number of rotatable bonds is 6. The third-order valence-electron chi connectivity index (χ3n) is 5.36. The predicted molar refractivity (Wildman–Crippen MR) is 110 cm³/mol. The minimum atomic E-state index is -0.126. The Morgan fingerprint density at radius 2 is 1.75 bits per heavy atom. The normalized spacial score (nSPS) is 16.8. The highest BCUT2D eigenvalue weighted by Gasteiger charge is 2.19. The van der Waals surface area contributed by atoms with Crippen LogP contribution < -0.4 is 10.6 Å². The first-order chi connectivity index (χ1) is 13.8. The van der Waals surface area contributed by atoms with E-state index in [1.807, 2.05) is 53.3 Å². The summed E-state index contributed by atoms with van der Waals surface area (Å²) in [5.74, 6) is -0.0182. The van der Waals surface area contributed by atoms with Crippen molar-refractivity contribution in [1.29, 1.82) is 0 Å². The fourth-order valence-electron chi connectivity index (χ4n) is 3.81. The highest BCUT2D eigenvalue weighted by molar-refractivity contribution is 5.92. The van der Waals surface area contributed by atoms with E-state index in [0.717, 1.165) is 25.9 Å². The molecule has 0 spiro atoms. The minimum absolute atomic E-state index is 0.107. The summed E-state index contributed by atoms with van der Waals surface area (Å²) in [6.07, 6.45) is 4.15. The van der Waals surface area contributed by atoms with E-state index in [1.165, 1.54) is 11.1 Å². The molecule has 1 amide bonds. The van der Waals surface area contributed by atoms with Gasteiger partial charge in [-0.1, -0.05) is 60.7 Å². The second-order valence-corrected chi connectivity index (χ2v) is 7.27. The van der Waals surface area contributed by atoms with Gasteiger partial charge in [0.2, 0.25) is 0 Å². The Kier molecular flexibility index (Phi) is 5.83. The first-order valence-electron chi connectivity index (χ1n) is 9.95. The van der Waals surface area contributed by atoms with Gasteiger partial charge in [-0.2, -0.15) is 5.10 Å². The third-order valence-corrected chi connectivity index (χ3v) is 5.36. The van der Waals surface area contributed by atoms with Gasteiger partial charge >= 0.3 is 0 Å². The maximum absolute atomic E-state index is 12.7. The molecule has 2 aromatic carbocycles. The fourth-order valence-corrected chi connectivity index (χ4v) is 3.81. The quantitative estimate of drug-likeness (QED) is 0.695. The van der Waals surface area contributed by atoms with Gasteiger partial charge in [0.1, 0.15) is 5.69 Å². The van der Waals surface area contributed by atoms with Crippen molar-refractivity contribution in [2.75, 3.05) is 19.6 Å². The Morgan fingerprint density at radius 1 is 1.07 bits per heavy atom. The van der Waals surface area contributed by atoms with Gasteiger partial charge in [-0.05, 0) is 36.6 Å². The Hall–Kier alpha value is -2.92. The van der Waals surface area contributed by atoms with E-state index in [0.29, 0.717) is 18.3 Å². The monoisotopic (exact) mass is 374 g/mol. The van der Waals surface area contributed by atoms with Crippen LogP contribution in [0.5, 0.6) is 0 Å². The van der Waals surface area contributed by atoms with Crippen LogP contribution in [0.4, 0.5) is 0 Å². The number of carbonyl (C=O) groups is 1. The molecule has 3 aromatic rings. The van der Waals surface area contributed by atoms with Crippen LogP contribution in [0.1, 0.15) is 46.4 Å². The maximum atomic E-state index is 12.7. The van der Waals surface area contributed by atoms with Crippen LogP contribution in [0.3, 0.4) is 0 Å². The number of piperidine rings is 1. The van der Waals surface area contributed by atoms with Crippen LogP contribution in [-0.2, 0) is 0 Å². The first kappa shape index (κ1) is 18.4. The van der Waals surface area contributed by atoms with Gasteiger partial charge in [0.25, 0.3) is 5.91 Å².